The minimum absolute atomic E-state index is 0.00163. The van der Waals surface area contributed by atoms with Gasteiger partial charge in [-0.25, -0.2) is 0 Å². The highest BCUT2D eigenvalue weighted by Gasteiger charge is 2.13. The van der Waals surface area contributed by atoms with Crippen LogP contribution in [0.2, 0.25) is 0 Å². The summed E-state index contributed by atoms with van der Waals surface area (Å²) in [5.41, 5.74) is 1.94. The molecule has 0 aliphatic carbocycles. The van der Waals surface area contributed by atoms with Gasteiger partial charge in [0.25, 0.3) is 11.6 Å². The number of nitrogens with zero attached hydrogens (tertiary/aromatic N) is 1. The highest BCUT2D eigenvalue weighted by molar-refractivity contribution is 5.94. The number of hydrogen-bond acceptors (Lipinski definition) is 4. The van der Waals surface area contributed by atoms with Gasteiger partial charge in [0.15, 0.2) is 0 Å². The number of methoxy groups -OCH3 is 1. The van der Waals surface area contributed by atoms with Crippen LogP contribution in [0.25, 0.3) is 0 Å². The maximum absolute atomic E-state index is 12.1. The number of carbonyl (C=O) groups is 1. The maximum atomic E-state index is 12.1. The average molecular weight is 300 g/mol. The Morgan fingerprint density at radius 3 is 2.50 bits per heavy atom. The number of hydrogen-bond donors (Lipinski definition) is 1. The molecule has 0 saturated heterocycles. The Bertz CT molecular complexity index is 668. The zero-order chi connectivity index (χ0) is 15.9. The van der Waals surface area contributed by atoms with Crippen LogP contribution in [-0.4, -0.2) is 17.9 Å². The smallest absolute Gasteiger partial charge is 0.274 e. The Kier molecular flexibility index (Phi) is 5.21. The molecule has 0 unspecified atom stereocenters. The molecule has 2 aromatic carbocycles. The molecule has 0 spiro atoms. The van der Waals surface area contributed by atoms with Gasteiger partial charge in [-0.2, -0.15) is 0 Å². The number of para-hydroxylation sites is 1. The van der Waals surface area contributed by atoms with Gasteiger partial charge in [0.05, 0.1) is 11.5 Å². The second kappa shape index (κ2) is 7.33. The van der Waals surface area contributed by atoms with Crippen LogP contribution in [0.4, 0.5) is 5.69 Å². The summed E-state index contributed by atoms with van der Waals surface area (Å²) in [6, 6.07) is 13.4. The van der Waals surface area contributed by atoms with Crippen LogP contribution >= 0.6 is 0 Å². The molecule has 0 atom stereocenters. The van der Waals surface area contributed by atoms with Crippen LogP contribution in [-0.2, 0) is 17.9 Å². The summed E-state index contributed by atoms with van der Waals surface area (Å²) < 4.78 is 5.00. The van der Waals surface area contributed by atoms with E-state index in [9.17, 15) is 14.9 Å². The van der Waals surface area contributed by atoms with Crippen LogP contribution in [0.15, 0.2) is 48.5 Å². The van der Waals surface area contributed by atoms with Gasteiger partial charge in [-0.1, -0.05) is 30.3 Å². The summed E-state index contributed by atoms with van der Waals surface area (Å²) in [5, 5.41) is 13.6. The molecular weight excluding hydrogens is 284 g/mol. The number of carbonyl (C=O) groups excluding carboxylic acids is 1. The summed E-state index contributed by atoms with van der Waals surface area (Å²) in [6.07, 6.45) is 0. The third kappa shape index (κ3) is 3.89. The first-order valence-corrected chi connectivity index (χ1v) is 6.70. The molecule has 2 rings (SSSR count). The molecule has 2 aromatic rings. The van der Waals surface area contributed by atoms with Crippen LogP contribution in [0.3, 0.4) is 0 Å². The number of amides is 1. The predicted molar refractivity (Wildman–Crippen MR) is 81.4 cm³/mol. The van der Waals surface area contributed by atoms with E-state index >= 15 is 0 Å². The zero-order valence-corrected chi connectivity index (χ0v) is 12.1. The Labute approximate surface area is 127 Å². The monoisotopic (exact) mass is 300 g/mol. The molecule has 6 heteroatoms. The number of rotatable bonds is 6. The first-order chi connectivity index (χ1) is 10.6. The van der Waals surface area contributed by atoms with Gasteiger partial charge in [0.1, 0.15) is 0 Å². The molecule has 0 saturated carbocycles. The molecule has 0 fully saturated rings. The van der Waals surface area contributed by atoms with Crippen LogP contribution < -0.4 is 5.32 Å². The van der Waals surface area contributed by atoms with E-state index in [1.165, 1.54) is 6.07 Å². The van der Waals surface area contributed by atoms with Crippen molar-refractivity contribution in [1.82, 2.24) is 5.32 Å². The predicted octanol–water partition coefficient (Wildman–Crippen LogP) is 2.67. The lowest BCUT2D eigenvalue weighted by atomic mass is 10.1. The van der Waals surface area contributed by atoms with Crippen molar-refractivity contribution in [3.05, 3.63) is 75.3 Å². The standard InChI is InChI=1S/C16H16N2O4/c1-22-11-12-6-8-13(9-7-12)16(19)17-10-14-4-2-3-5-15(14)18(20)21/h2-9H,10-11H2,1H3,(H,17,19). The SMILES string of the molecule is COCc1ccc(C(=O)NCc2ccccc2[N+](=O)[O-])cc1. The fourth-order valence-corrected chi connectivity index (χ4v) is 2.04. The first-order valence-electron chi connectivity index (χ1n) is 6.70. The topological polar surface area (TPSA) is 81.5 Å². The van der Waals surface area contributed by atoms with Gasteiger partial charge in [-0.3, -0.25) is 14.9 Å². The van der Waals surface area contributed by atoms with Crippen molar-refractivity contribution in [2.45, 2.75) is 13.2 Å². The molecule has 114 valence electrons. The summed E-state index contributed by atoms with van der Waals surface area (Å²) in [7, 11) is 1.60. The second-order valence-corrected chi connectivity index (χ2v) is 4.70. The van der Waals surface area contributed by atoms with E-state index in [1.54, 1.807) is 37.4 Å². The van der Waals surface area contributed by atoms with E-state index in [0.29, 0.717) is 17.7 Å². The summed E-state index contributed by atoms with van der Waals surface area (Å²) >= 11 is 0. The average Bonchev–Trinajstić information content (AvgIpc) is 2.54. The highest BCUT2D eigenvalue weighted by Crippen LogP contribution is 2.17. The van der Waals surface area contributed by atoms with Gasteiger partial charge in [0.2, 0.25) is 0 Å². The van der Waals surface area contributed by atoms with Crippen LogP contribution in [0, 0.1) is 10.1 Å². The number of benzene rings is 2. The van der Waals surface area contributed by atoms with E-state index in [-0.39, 0.29) is 18.1 Å². The Morgan fingerprint density at radius 1 is 1.18 bits per heavy atom. The van der Waals surface area contributed by atoms with Crippen molar-refractivity contribution in [1.29, 1.82) is 0 Å². The first kappa shape index (κ1) is 15.7. The molecule has 0 radical (unpaired) electrons. The third-order valence-corrected chi connectivity index (χ3v) is 3.15. The molecule has 0 bridgehead atoms. The van der Waals surface area contributed by atoms with Crippen molar-refractivity contribution >= 4 is 11.6 Å². The van der Waals surface area contributed by atoms with Crippen molar-refractivity contribution in [2.75, 3.05) is 7.11 Å². The maximum Gasteiger partial charge on any atom is 0.274 e. The third-order valence-electron chi connectivity index (χ3n) is 3.15. The van der Waals surface area contributed by atoms with Crippen molar-refractivity contribution in [3.63, 3.8) is 0 Å². The Morgan fingerprint density at radius 2 is 1.86 bits per heavy atom. The van der Waals surface area contributed by atoms with E-state index in [4.69, 9.17) is 4.74 Å². The lowest BCUT2D eigenvalue weighted by Gasteiger charge is -2.07. The fourth-order valence-electron chi connectivity index (χ4n) is 2.04. The van der Waals surface area contributed by atoms with E-state index < -0.39 is 4.92 Å². The molecule has 1 N–H and O–H groups in total. The van der Waals surface area contributed by atoms with E-state index in [1.807, 2.05) is 12.1 Å². The zero-order valence-electron chi connectivity index (χ0n) is 12.1. The lowest BCUT2D eigenvalue weighted by Crippen LogP contribution is -2.23. The van der Waals surface area contributed by atoms with Gasteiger partial charge in [-0.15, -0.1) is 0 Å². The van der Waals surface area contributed by atoms with Gasteiger partial charge in [-0.05, 0) is 17.7 Å². The van der Waals surface area contributed by atoms with Gasteiger partial charge >= 0.3 is 0 Å². The molecule has 1 amide bonds. The minimum Gasteiger partial charge on any atom is -0.380 e. The molecule has 6 nitrogen and oxygen atoms in total. The number of nitrogens with one attached hydrogen (secondary N) is 1. The van der Waals surface area contributed by atoms with E-state index in [0.717, 1.165) is 5.56 Å². The number of ether oxygens (including phenoxy) is 1. The molecule has 22 heavy (non-hydrogen) atoms. The molecule has 0 aromatic heterocycles. The molecule has 0 heterocycles. The number of nitro groups is 1. The second-order valence-electron chi connectivity index (χ2n) is 4.70. The quantitative estimate of drug-likeness (QED) is 0.657. The lowest BCUT2D eigenvalue weighted by molar-refractivity contribution is -0.385. The van der Waals surface area contributed by atoms with Crippen molar-refractivity contribution in [2.24, 2.45) is 0 Å². The van der Waals surface area contributed by atoms with E-state index in [2.05, 4.69) is 5.32 Å². The van der Waals surface area contributed by atoms with Crippen molar-refractivity contribution in [3.8, 4) is 0 Å². The molecule has 0 aliphatic heterocycles. The Balaban J connectivity index is 2.02. The summed E-state index contributed by atoms with van der Waals surface area (Å²) in [4.78, 5) is 22.5. The number of nitro benzene ring substituents is 1. The summed E-state index contributed by atoms with van der Waals surface area (Å²) in [6.45, 7) is 0.591. The van der Waals surface area contributed by atoms with Crippen molar-refractivity contribution < 1.29 is 14.5 Å². The fraction of sp³-hybridized carbons (Fsp3) is 0.188. The van der Waals surface area contributed by atoms with Crippen LogP contribution in [0.1, 0.15) is 21.5 Å². The largest absolute Gasteiger partial charge is 0.380 e. The molecule has 0 aliphatic rings. The Hall–Kier alpha value is -2.73. The minimum atomic E-state index is -0.457. The highest BCUT2D eigenvalue weighted by atomic mass is 16.6. The van der Waals surface area contributed by atoms with Gasteiger partial charge < -0.3 is 10.1 Å². The summed E-state index contributed by atoms with van der Waals surface area (Å²) in [5.74, 6) is -0.276. The van der Waals surface area contributed by atoms with Crippen LogP contribution in [0.5, 0.6) is 0 Å². The normalized spacial score (nSPS) is 10.2. The van der Waals surface area contributed by atoms with Gasteiger partial charge in [0, 0.05) is 30.8 Å². The molecular formula is C16H16N2O4.